The summed E-state index contributed by atoms with van der Waals surface area (Å²) in [4.78, 5) is 14.8. The highest BCUT2D eigenvalue weighted by Gasteiger charge is 2.29. The highest BCUT2D eigenvalue weighted by molar-refractivity contribution is 6.09. The number of ether oxygens (including phenoxy) is 1. The second-order valence-electron chi connectivity index (χ2n) is 5.73. The topological polar surface area (TPSA) is 42.7 Å². The van der Waals surface area contributed by atoms with E-state index in [2.05, 4.69) is 0 Å². The summed E-state index contributed by atoms with van der Waals surface area (Å²) in [5, 5.41) is 0. The van der Waals surface area contributed by atoms with Crippen LogP contribution in [0.1, 0.15) is 16.1 Å². The number of nitrogens with zero attached hydrogens (tertiary/aromatic N) is 1. The molecule has 0 unspecified atom stereocenters. The quantitative estimate of drug-likeness (QED) is 0.728. The Morgan fingerprint density at radius 1 is 1.12 bits per heavy atom. The molecule has 4 heteroatoms. The second-order valence-corrected chi connectivity index (χ2v) is 5.73. The molecule has 1 aromatic heterocycles. The smallest absolute Gasteiger partial charge is 0.294 e. The zero-order valence-electron chi connectivity index (χ0n) is 13.4. The van der Waals surface area contributed by atoms with Crippen molar-refractivity contribution in [3.8, 4) is 16.9 Å². The molecule has 1 aliphatic heterocycles. The number of methoxy groups -OCH3 is 1. The summed E-state index contributed by atoms with van der Waals surface area (Å²) in [7, 11) is 1.65. The van der Waals surface area contributed by atoms with Crippen molar-refractivity contribution < 1.29 is 13.9 Å². The van der Waals surface area contributed by atoms with Crippen molar-refractivity contribution in [2.75, 3.05) is 18.6 Å². The number of fused-ring (bicyclic) bond motifs is 1. The molecule has 0 fully saturated rings. The summed E-state index contributed by atoms with van der Waals surface area (Å²) in [6, 6.07) is 17.5. The highest BCUT2D eigenvalue weighted by atomic mass is 16.5. The van der Waals surface area contributed by atoms with Crippen LogP contribution >= 0.6 is 0 Å². The zero-order chi connectivity index (χ0) is 16.5. The monoisotopic (exact) mass is 319 g/mol. The summed E-state index contributed by atoms with van der Waals surface area (Å²) in [5.41, 5.74) is 3.85. The molecule has 0 N–H and O–H groups in total. The van der Waals surface area contributed by atoms with Crippen LogP contribution in [0, 0.1) is 0 Å². The maximum absolute atomic E-state index is 13.0. The van der Waals surface area contributed by atoms with Crippen LogP contribution in [0.3, 0.4) is 0 Å². The Labute approximate surface area is 140 Å². The largest absolute Gasteiger partial charge is 0.497 e. The van der Waals surface area contributed by atoms with Crippen LogP contribution in [0.5, 0.6) is 5.75 Å². The van der Waals surface area contributed by atoms with Gasteiger partial charge in [-0.05, 0) is 41.8 Å². The predicted molar refractivity (Wildman–Crippen MR) is 92.5 cm³/mol. The van der Waals surface area contributed by atoms with Crippen LogP contribution < -0.4 is 9.64 Å². The molecule has 2 aromatic carbocycles. The first kappa shape index (κ1) is 14.6. The first-order chi connectivity index (χ1) is 11.8. The van der Waals surface area contributed by atoms with Gasteiger partial charge in [-0.3, -0.25) is 4.79 Å². The average Bonchev–Trinajstić information content (AvgIpc) is 3.28. The Balaban J connectivity index is 1.69. The lowest BCUT2D eigenvalue weighted by Gasteiger charge is -2.17. The van der Waals surface area contributed by atoms with Gasteiger partial charge in [-0.25, -0.2) is 0 Å². The number of hydrogen-bond donors (Lipinski definition) is 0. The second kappa shape index (κ2) is 5.89. The summed E-state index contributed by atoms with van der Waals surface area (Å²) in [6.07, 6.45) is 2.39. The van der Waals surface area contributed by atoms with Gasteiger partial charge in [-0.1, -0.05) is 30.3 Å². The third-order valence-corrected chi connectivity index (χ3v) is 4.37. The number of benzene rings is 2. The molecule has 1 aliphatic rings. The van der Waals surface area contributed by atoms with E-state index in [1.807, 2.05) is 54.6 Å². The van der Waals surface area contributed by atoms with E-state index in [9.17, 15) is 4.79 Å². The van der Waals surface area contributed by atoms with Gasteiger partial charge >= 0.3 is 0 Å². The Hall–Kier alpha value is -3.01. The molecule has 4 rings (SSSR count). The summed E-state index contributed by atoms with van der Waals surface area (Å²) < 4.78 is 10.8. The lowest BCUT2D eigenvalue weighted by Crippen LogP contribution is -2.28. The van der Waals surface area contributed by atoms with Gasteiger partial charge in [0.2, 0.25) is 0 Å². The van der Waals surface area contributed by atoms with E-state index in [4.69, 9.17) is 9.15 Å². The fraction of sp³-hybridized carbons (Fsp3) is 0.150. The van der Waals surface area contributed by atoms with Crippen LogP contribution in [-0.2, 0) is 6.42 Å². The molecule has 0 radical (unpaired) electrons. The molecule has 0 bridgehead atoms. The maximum atomic E-state index is 13.0. The Bertz CT molecular complexity index is 883. The lowest BCUT2D eigenvalue weighted by molar-refractivity contribution is 0.0963. The molecule has 0 atom stereocenters. The predicted octanol–water partition coefficient (Wildman–Crippen LogP) is 4.16. The molecular weight excluding hydrogens is 302 g/mol. The number of amides is 1. The van der Waals surface area contributed by atoms with E-state index in [0.717, 1.165) is 34.5 Å². The molecule has 4 nitrogen and oxygen atoms in total. The number of furan rings is 1. The zero-order valence-corrected chi connectivity index (χ0v) is 13.4. The number of carbonyl (C=O) groups excluding carboxylic acids is 1. The molecule has 0 saturated heterocycles. The van der Waals surface area contributed by atoms with Crippen LogP contribution in [-0.4, -0.2) is 19.6 Å². The molecule has 3 aromatic rings. The van der Waals surface area contributed by atoms with Gasteiger partial charge in [0.1, 0.15) is 5.75 Å². The normalized spacial score (nSPS) is 13.0. The van der Waals surface area contributed by atoms with Gasteiger partial charge in [-0.2, -0.15) is 0 Å². The Morgan fingerprint density at radius 2 is 1.96 bits per heavy atom. The fourth-order valence-corrected chi connectivity index (χ4v) is 3.16. The van der Waals surface area contributed by atoms with Crippen molar-refractivity contribution in [3.63, 3.8) is 0 Å². The minimum Gasteiger partial charge on any atom is -0.497 e. The van der Waals surface area contributed by atoms with E-state index in [0.29, 0.717) is 12.3 Å². The van der Waals surface area contributed by atoms with Crippen molar-refractivity contribution in [1.82, 2.24) is 0 Å². The molecule has 1 amide bonds. The number of anilines is 1. The number of rotatable bonds is 3. The summed E-state index contributed by atoms with van der Waals surface area (Å²) in [5.74, 6) is 1.08. The van der Waals surface area contributed by atoms with Gasteiger partial charge in [0.15, 0.2) is 5.76 Å². The highest BCUT2D eigenvalue weighted by Crippen LogP contribution is 2.34. The minimum atomic E-state index is -0.109. The molecule has 2 heterocycles. The molecule has 0 saturated carbocycles. The molecule has 120 valence electrons. The van der Waals surface area contributed by atoms with Gasteiger partial charge in [0.25, 0.3) is 5.91 Å². The standard InChI is InChI=1S/C20H17NO3/c1-23-16-7-8-18-15(13-16)9-11-21(18)20(22)19-17(10-12-24-19)14-5-3-2-4-6-14/h2-8,10,12-13H,9,11H2,1H3. The van der Waals surface area contributed by atoms with Gasteiger partial charge in [-0.15, -0.1) is 0 Å². The maximum Gasteiger partial charge on any atom is 0.294 e. The summed E-state index contributed by atoms with van der Waals surface area (Å²) >= 11 is 0. The van der Waals surface area contributed by atoms with Gasteiger partial charge in [0, 0.05) is 17.8 Å². The molecule has 24 heavy (non-hydrogen) atoms. The van der Waals surface area contributed by atoms with Gasteiger partial charge < -0.3 is 14.1 Å². The van der Waals surface area contributed by atoms with E-state index in [-0.39, 0.29) is 5.91 Å². The molecule has 0 aliphatic carbocycles. The van der Waals surface area contributed by atoms with E-state index >= 15 is 0 Å². The number of carbonyl (C=O) groups is 1. The van der Waals surface area contributed by atoms with E-state index in [1.165, 1.54) is 0 Å². The SMILES string of the molecule is COc1ccc2c(c1)CCN2C(=O)c1occc1-c1ccccc1. The van der Waals surface area contributed by atoms with Crippen LogP contribution in [0.2, 0.25) is 0 Å². The van der Waals surface area contributed by atoms with Crippen LogP contribution in [0.15, 0.2) is 65.3 Å². The Morgan fingerprint density at radius 3 is 2.75 bits per heavy atom. The first-order valence-electron chi connectivity index (χ1n) is 7.89. The number of hydrogen-bond acceptors (Lipinski definition) is 3. The summed E-state index contributed by atoms with van der Waals surface area (Å²) in [6.45, 7) is 0.649. The first-order valence-corrected chi connectivity index (χ1v) is 7.89. The van der Waals surface area contributed by atoms with Crippen LogP contribution in [0.4, 0.5) is 5.69 Å². The third kappa shape index (κ3) is 2.36. The Kier molecular flexibility index (Phi) is 3.58. The van der Waals surface area contributed by atoms with Crippen molar-refractivity contribution in [2.24, 2.45) is 0 Å². The van der Waals surface area contributed by atoms with Gasteiger partial charge in [0.05, 0.1) is 13.4 Å². The van der Waals surface area contributed by atoms with E-state index < -0.39 is 0 Å². The van der Waals surface area contributed by atoms with Crippen molar-refractivity contribution in [1.29, 1.82) is 0 Å². The third-order valence-electron chi connectivity index (χ3n) is 4.37. The van der Waals surface area contributed by atoms with E-state index in [1.54, 1.807) is 18.3 Å². The minimum absolute atomic E-state index is 0.109. The van der Waals surface area contributed by atoms with Crippen LogP contribution in [0.25, 0.3) is 11.1 Å². The van der Waals surface area contributed by atoms with Crippen molar-refractivity contribution in [3.05, 3.63) is 72.2 Å². The van der Waals surface area contributed by atoms with Crippen molar-refractivity contribution >= 4 is 11.6 Å². The average molecular weight is 319 g/mol. The fourth-order valence-electron chi connectivity index (χ4n) is 3.16. The lowest BCUT2D eigenvalue weighted by atomic mass is 10.1. The molecule has 0 spiro atoms. The van der Waals surface area contributed by atoms with Crippen molar-refractivity contribution in [2.45, 2.75) is 6.42 Å². The molecular formula is C20H17NO3.